The van der Waals surface area contributed by atoms with Crippen LogP contribution in [0.15, 0.2) is 0 Å². The van der Waals surface area contributed by atoms with Gasteiger partial charge in [0.1, 0.15) is 0 Å². The molecule has 414 valence electrons. The molecule has 0 aromatic heterocycles. The third-order valence-corrected chi connectivity index (χ3v) is 12.2. The van der Waals surface area contributed by atoms with E-state index in [1.807, 2.05) is 0 Å². The van der Waals surface area contributed by atoms with Gasteiger partial charge in [0.2, 0.25) is 5.60 Å². The van der Waals surface area contributed by atoms with Crippen LogP contribution in [0, 0.1) is 0 Å². The second kappa shape index (κ2) is 48.5. The van der Waals surface area contributed by atoms with E-state index >= 15 is 0 Å². The molecule has 71 heavy (non-hydrogen) atoms. The normalized spacial score (nSPS) is 11.3. The molecule has 0 aliphatic heterocycles. The van der Waals surface area contributed by atoms with Gasteiger partial charge < -0.3 is 38.1 Å². The molecule has 0 saturated heterocycles. The molecule has 0 aliphatic carbocycles. The molecule has 0 fully saturated rings. The highest BCUT2D eigenvalue weighted by Crippen LogP contribution is 2.27. The molecule has 0 saturated carbocycles. The molecule has 0 rings (SSSR count). The molecule has 0 spiro atoms. The molecule has 0 aromatic rings. The summed E-state index contributed by atoms with van der Waals surface area (Å²) in [6.07, 6.45) is 27.7. The van der Waals surface area contributed by atoms with Crippen LogP contribution < -0.4 is 0 Å². The van der Waals surface area contributed by atoms with Crippen LogP contribution in [0.5, 0.6) is 0 Å². The van der Waals surface area contributed by atoms with Gasteiger partial charge in [0.05, 0.1) is 58.9 Å². The van der Waals surface area contributed by atoms with Crippen molar-refractivity contribution < 1.29 is 66.7 Å². The molecular formula is C56H101NO14. The summed E-state index contributed by atoms with van der Waals surface area (Å²) in [7, 11) is 3.53. The van der Waals surface area contributed by atoms with E-state index in [0.29, 0.717) is 77.0 Å². The van der Waals surface area contributed by atoms with Crippen molar-refractivity contribution in [3.8, 4) is 0 Å². The van der Waals surface area contributed by atoms with Gasteiger partial charge >= 0.3 is 41.8 Å². The Morgan fingerprint density at radius 1 is 0.310 bits per heavy atom. The summed E-state index contributed by atoms with van der Waals surface area (Å²) >= 11 is 0. The summed E-state index contributed by atoms with van der Waals surface area (Å²) in [5, 5.41) is 0. The highest BCUT2D eigenvalue weighted by atomic mass is 16.6. The molecule has 0 N–H and O–H groups in total. The van der Waals surface area contributed by atoms with Crippen molar-refractivity contribution >= 4 is 41.8 Å². The van der Waals surface area contributed by atoms with Crippen LogP contribution in [0.1, 0.15) is 252 Å². The molecule has 0 bridgehead atoms. The first-order valence-corrected chi connectivity index (χ1v) is 28.2. The first-order valence-electron chi connectivity index (χ1n) is 28.2. The van der Waals surface area contributed by atoms with E-state index in [1.165, 1.54) is 77.0 Å². The lowest BCUT2D eigenvalue weighted by Gasteiger charge is -2.30. The maximum atomic E-state index is 14.0. The molecule has 0 amide bonds. The molecule has 0 atom stereocenters. The van der Waals surface area contributed by atoms with Gasteiger partial charge in [-0.1, -0.05) is 136 Å². The zero-order valence-electron chi connectivity index (χ0n) is 45.6. The topological polar surface area (TPSA) is 187 Å². The van der Waals surface area contributed by atoms with Crippen molar-refractivity contribution in [1.29, 1.82) is 0 Å². The van der Waals surface area contributed by atoms with E-state index in [1.54, 1.807) is 19.0 Å². The van der Waals surface area contributed by atoms with E-state index in [4.69, 9.17) is 33.2 Å². The zero-order chi connectivity index (χ0) is 52.5. The van der Waals surface area contributed by atoms with E-state index in [-0.39, 0.29) is 70.5 Å². The van der Waals surface area contributed by atoms with Gasteiger partial charge in [-0.2, -0.15) is 0 Å². The Bertz CT molecular complexity index is 1310. The molecule has 15 nitrogen and oxygen atoms in total. The summed E-state index contributed by atoms with van der Waals surface area (Å²) in [5.74, 6) is -4.26. The highest BCUT2D eigenvalue weighted by Gasteiger charge is 2.49. The van der Waals surface area contributed by atoms with Gasteiger partial charge in [-0.05, 0) is 91.1 Å². The summed E-state index contributed by atoms with van der Waals surface area (Å²) in [6.45, 7) is 7.49. The van der Waals surface area contributed by atoms with Crippen LogP contribution in [0.2, 0.25) is 0 Å². The van der Waals surface area contributed by atoms with Gasteiger partial charge in [-0.3, -0.25) is 28.8 Å². The van der Waals surface area contributed by atoms with Crippen molar-refractivity contribution in [2.75, 3.05) is 60.3 Å². The minimum atomic E-state index is -2.35. The highest BCUT2D eigenvalue weighted by molar-refractivity contribution is 5.92. The molecular weight excluding hydrogens is 911 g/mol. The number of esters is 7. The van der Waals surface area contributed by atoms with Crippen molar-refractivity contribution in [2.24, 2.45) is 0 Å². The monoisotopic (exact) mass is 1010 g/mol. The van der Waals surface area contributed by atoms with E-state index < -0.39 is 42.3 Å². The first-order chi connectivity index (χ1) is 34.4. The number of unbranched alkanes of at least 4 members (excludes halogenated alkanes) is 24. The van der Waals surface area contributed by atoms with Crippen molar-refractivity contribution in [3.63, 3.8) is 0 Å². The van der Waals surface area contributed by atoms with E-state index in [9.17, 15) is 33.6 Å². The van der Waals surface area contributed by atoms with Gasteiger partial charge in [0, 0.05) is 25.8 Å². The van der Waals surface area contributed by atoms with Crippen LogP contribution in [0.3, 0.4) is 0 Å². The fraction of sp³-hybridized carbons (Fsp3) is 0.875. The predicted octanol–water partition coefficient (Wildman–Crippen LogP) is 12.2. The maximum absolute atomic E-state index is 14.0. The third-order valence-electron chi connectivity index (χ3n) is 12.2. The molecule has 0 heterocycles. The smallest absolute Gasteiger partial charge is 0.351 e. The number of nitrogens with zero attached hydrogens (tertiary/aromatic N) is 1. The lowest BCUT2D eigenvalue weighted by Crippen LogP contribution is -2.49. The van der Waals surface area contributed by atoms with E-state index in [2.05, 4.69) is 20.8 Å². The Balaban J connectivity index is 5.35. The Kier molecular flexibility index (Phi) is 46.0. The summed E-state index contributed by atoms with van der Waals surface area (Å²) in [4.78, 5) is 92.3. The fourth-order valence-corrected chi connectivity index (χ4v) is 7.74. The predicted molar refractivity (Wildman–Crippen MR) is 276 cm³/mol. The van der Waals surface area contributed by atoms with Gasteiger partial charge in [-0.25, -0.2) is 4.79 Å². The van der Waals surface area contributed by atoms with Crippen molar-refractivity contribution in [3.05, 3.63) is 0 Å². The number of carbonyl (C=O) groups excluding carboxylic acids is 7. The molecule has 0 unspecified atom stereocenters. The second-order valence-electron chi connectivity index (χ2n) is 19.4. The SMILES string of the molecule is CCCCCCCCCC(=O)OCCCCCOC(=O)CC(CC(=O)OCCCCCOC(=O)CCCCCCCCC)(OC(=O)CCN(C)C)C(=O)OCCCCCOC(=O)CCCCCCCCC. The largest absolute Gasteiger partial charge is 0.466 e. The van der Waals surface area contributed by atoms with Crippen LogP contribution in [0.25, 0.3) is 0 Å². The van der Waals surface area contributed by atoms with Crippen molar-refractivity contribution in [2.45, 2.75) is 258 Å². The van der Waals surface area contributed by atoms with Crippen molar-refractivity contribution in [1.82, 2.24) is 4.90 Å². The number of carbonyl (C=O) groups is 7. The summed E-state index contributed by atoms with van der Waals surface area (Å²) in [5.41, 5.74) is -2.35. The fourth-order valence-electron chi connectivity index (χ4n) is 7.74. The third kappa shape index (κ3) is 43.5. The zero-order valence-corrected chi connectivity index (χ0v) is 45.6. The Morgan fingerprint density at radius 2 is 0.577 bits per heavy atom. The summed E-state index contributed by atoms with van der Waals surface area (Å²) < 4.78 is 38.5. The minimum Gasteiger partial charge on any atom is -0.466 e. The van der Waals surface area contributed by atoms with Crippen LogP contribution in [-0.4, -0.2) is 113 Å². The van der Waals surface area contributed by atoms with Gasteiger partial charge in [0.15, 0.2) is 0 Å². The number of ether oxygens (including phenoxy) is 7. The van der Waals surface area contributed by atoms with Crippen LogP contribution in [0.4, 0.5) is 0 Å². The minimum absolute atomic E-state index is 0.00693. The Labute approximate surface area is 429 Å². The summed E-state index contributed by atoms with van der Waals surface area (Å²) in [6, 6.07) is 0. The second-order valence-corrected chi connectivity index (χ2v) is 19.4. The van der Waals surface area contributed by atoms with Crippen LogP contribution >= 0.6 is 0 Å². The van der Waals surface area contributed by atoms with E-state index in [0.717, 1.165) is 57.8 Å². The van der Waals surface area contributed by atoms with Crippen LogP contribution in [-0.2, 0) is 66.7 Å². The standard InChI is InChI=1S/C56H101NO14/c1-6-9-12-15-18-21-27-36-49(58)65-41-30-24-33-44-68-53(62)47-56(71-52(61)39-40-57(4)5,55(64)70-46-35-26-32-43-67-51(60)38-29-23-20-17-14-11-8-3)48-54(63)69-45-34-25-31-42-66-50(59)37-28-22-19-16-13-10-7-2/h6-48H2,1-5H3. The Hall–Kier alpha value is -3.75. The lowest BCUT2D eigenvalue weighted by molar-refractivity contribution is -0.191. The molecule has 0 aromatic carbocycles. The maximum Gasteiger partial charge on any atom is 0.351 e. The molecule has 15 heteroatoms. The first kappa shape index (κ1) is 67.2. The average Bonchev–Trinajstić information content (AvgIpc) is 3.33. The quantitative estimate of drug-likeness (QED) is 0.0318. The molecule has 0 radical (unpaired) electrons. The number of rotatable bonds is 51. The van der Waals surface area contributed by atoms with Gasteiger partial charge in [0.25, 0.3) is 0 Å². The lowest BCUT2D eigenvalue weighted by atomic mass is 9.94. The number of hydrogen-bond donors (Lipinski definition) is 0. The Morgan fingerprint density at radius 3 is 0.887 bits per heavy atom. The average molecular weight is 1010 g/mol. The van der Waals surface area contributed by atoms with Gasteiger partial charge in [-0.15, -0.1) is 0 Å². The number of hydrogen-bond acceptors (Lipinski definition) is 15. The molecule has 0 aliphatic rings.